The van der Waals surface area contributed by atoms with Gasteiger partial charge in [0, 0.05) is 0 Å². The highest BCUT2D eigenvalue weighted by molar-refractivity contribution is 6.54. The van der Waals surface area contributed by atoms with Crippen LogP contribution in [0.25, 0.3) is 0 Å². The Morgan fingerprint density at radius 1 is 0.900 bits per heavy atom. The number of esters is 2. The Balaban J connectivity index is 3.98. The first-order chi connectivity index (χ1) is 9.54. The van der Waals surface area contributed by atoms with Gasteiger partial charge in [0.1, 0.15) is 0 Å². The Morgan fingerprint density at radius 3 is 1.90 bits per heavy atom. The van der Waals surface area contributed by atoms with Crippen molar-refractivity contribution in [3.05, 3.63) is 0 Å². The van der Waals surface area contributed by atoms with Gasteiger partial charge in [-0.3, -0.25) is 4.79 Å². The second-order valence-electron chi connectivity index (χ2n) is 4.44. The van der Waals surface area contributed by atoms with Gasteiger partial charge in [0.2, 0.25) is 5.38 Å². The number of unbranched alkanes of at least 4 members (excludes halogenated alkanes) is 4. The van der Waals surface area contributed by atoms with Gasteiger partial charge in [-0.15, -0.1) is 11.6 Å². The summed E-state index contributed by atoms with van der Waals surface area (Å²) in [6, 6.07) is 0. The first-order valence-electron chi connectivity index (χ1n) is 7.06. The Bertz CT molecular complexity index is 317. The summed E-state index contributed by atoms with van der Waals surface area (Å²) >= 11 is 5.60. The van der Waals surface area contributed by atoms with Crippen molar-refractivity contribution in [3.63, 3.8) is 0 Å². The molecule has 0 radical (unpaired) electrons. The smallest absolute Gasteiger partial charge is 0.376 e. The van der Waals surface area contributed by atoms with Crippen molar-refractivity contribution in [1.82, 2.24) is 0 Å². The molecule has 0 rings (SSSR count). The minimum absolute atomic E-state index is 0.160. The van der Waals surface area contributed by atoms with E-state index in [-0.39, 0.29) is 13.2 Å². The lowest BCUT2D eigenvalue weighted by Crippen LogP contribution is -2.34. The Kier molecular flexibility index (Phi) is 11.1. The first-order valence-corrected chi connectivity index (χ1v) is 7.49. The average molecular weight is 307 g/mol. The number of carbonyl (C=O) groups is 3. The van der Waals surface area contributed by atoms with Crippen LogP contribution < -0.4 is 0 Å². The summed E-state index contributed by atoms with van der Waals surface area (Å²) in [7, 11) is 0. The number of Topliss-reactive ketones (excluding diaryl/α,β-unsaturated/α-hetero) is 1. The number of hydrogen-bond donors (Lipinski definition) is 0. The molecule has 0 aromatic rings. The van der Waals surface area contributed by atoms with Crippen molar-refractivity contribution in [3.8, 4) is 0 Å². The van der Waals surface area contributed by atoms with Crippen molar-refractivity contribution >= 4 is 29.3 Å². The molecular formula is C14H23ClO5. The molecule has 116 valence electrons. The van der Waals surface area contributed by atoms with E-state index < -0.39 is 23.1 Å². The molecule has 0 aliphatic carbocycles. The van der Waals surface area contributed by atoms with E-state index in [2.05, 4.69) is 0 Å². The lowest BCUT2D eigenvalue weighted by Gasteiger charge is -2.09. The van der Waals surface area contributed by atoms with Crippen LogP contribution in [-0.2, 0) is 23.9 Å². The van der Waals surface area contributed by atoms with Gasteiger partial charge < -0.3 is 9.47 Å². The summed E-state index contributed by atoms with van der Waals surface area (Å²) in [6.45, 7) is 4.39. The molecular weight excluding hydrogens is 284 g/mol. The van der Waals surface area contributed by atoms with Crippen molar-refractivity contribution in [2.45, 2.75) is 57.7 Å². The van der Waals surface area contributed by atoms with Gasteiger partial charge in [-0.25, -0.2) is 9.59 Å². The Labute approximate surface area is 124 Å². The highest BCUT2D eigenvalue weighted by Gasteiger charge is 2.32. The molecule has 5 nitrogen and oxygen atoms in total. The van der Waals surface area contributed by atoms with Crippen molar-refractivity contribution < 1.29 is 23.9 Å². The van der Waals surface area contributed by atoms with Gasteiger partial charge in [0.15, 0.2) is 0 Å². The van der Waals surface area contributed by atoms with Gasteiger partial charge >= 0.3 is 11.9 Å². The fourth-order valence-corrected chi connectivity index (χ4v) is 1.55. The van der Waals surface area contributed by atoms with Gasteiger partial charge in [0.05, 0.1) is 13.2 Å². The maximum absolute atomic E-state index is 11.5. The zero-order valence-electron chi connectivity index (χ0n) is 12.2. The highest BCUT2D eigenvalue weighted by Crippen LogP contribution is 2.05. The molecule has 0 fully saturated rings. The molecule has 0 heterocycles. The third-order valence-corrected chi connectivity index (χ3v) is 2.99. The van der Waals surface area contributed by atoms with E-state index in [1.807, 2.05) is 13.8 Å². The number of rotatable bonds is 11. The molecule has 0 amide bonds. The lowest BCUT2D eigenvalue weighted by molar-refractivity contribution is -0.157. The van der Waals surface area contributed by atoms with E-state index in [0.29, 0.717) is 12.8 Å². The zero-order valence-corrected chi connectivity index (χ0v) is 12.9. The maximum Gasteiger partial charge on any atom is 0.376 e. The topological polar surface area (TPSA) is 69.7 Å². The Hall–Kier alpha value is -1.10. The summed E-state index contributed by atoms with van der Waals surface area (Å²) in [6.07, 6.45) is 5.20. The van der Waals surface area contributed by atoms with E-state index >= 15 is 0 Å². The van der Waals surface area contributed by atoms with Crippen molar-refractivity contribution in [1.29, 1.82) is 0 Å². The average Bonchev–Trinajstić information content (AvgIpc) is 2.46. The zero-order chi connectivity index (χ0) is 15.4. The van der Waals surface area contributed by atoms with Crippen LogP contribution in [0, 0.1) is 0 Å². The number of ether oxygens (including phenoxy) is 2. The van der Waals surface area contributed by atoms with Gasteiger partial charge in [-0.2, -0.15) is 0 Å². The van der Waals surface area contributed by atoms with Crippen LogP contribution >= 0.6 is 11.6 Å². The SMILES string of the molecule is CCCCCOC(=O)C(=O)C(Cl)C(=O)OCCCCC. The third kappa shape index (κ3) is 8.15. The van der Waals surface area contributed by atoms with Crippen molar-refractivity contribution in [2.75, 3.05) is 13.2 Å². The number of halogens is 1. The van der Waals surface area contributed by atoms with E-state index in [9.17, 15) is 14.4 Å². The maximum atomic E-state index is 11.5. The Morgan fingerprint density at radius 2 is 1.40 bits per heavy atom. The number of hydrogen-bond acceptors (Lipinski definition) is 5. The monoisotopic (exact) mass is 306 g/mol. The van der Waals surface area contributed by atoms with E-state index in [4.69, 9.17) is 21.1 Å². The normalized spacial score (nSPS) is 11.8. The summed E-state index contributed by atoms with van der Waals surface area (Å²) in [4.78, 5) is 34.3. The van der Waals surface area contributed by atoms with Crippen LogP contribution in [0.4, 0.5) is 0 Å². The molecule has 0 bridgehead atoms. The minimum atomic E-state index is -1.62. The van der Waals surface area contributed by atoms with Crippen LogP contribution in [0.5, 0.6) is 0 Å². The molecule has 6 heteroatoms. The summed E-state index contributed by atoms with van der Waals surface area (Å²) in [5.74, 6) is -3.03. The summed E-state index contributed by atoms with van der Waals surface area (Å²) in [5, 5.41) is -1.62. The molecule has 0 aromatic heterocycles. The van der Waals surface area contributed by atoms with Crippen LogP contribution in [0.1, 0.15) is 52.4 Å². The van der Waals surface area contributed by atoms with Crippen LogP contribution in [-0.4, -0.2) is 36.3 Å². The quantitative estimate of drug-likeness (QED) is 0.193. The minimum Gasteiger partial charge on any atom is -0.464 e. The predicted molar refractivity (Wildman–Crippen MR) is 75.6 cm³/mol. The van der Waals surface area contributed by atoms with Crippen molar-refractivity contribution in [2.24, 2.45) is 0 Å². The predicted octanol–water partition coefficient (Wildman–Crippen LogP) is 2.63. The second-order valence-corrected chi connectivity index (χ2v) is 4.88. The molecule has 0 saturated heterocycles. The first kappa shape index (κ1) is 18.9. The van der Waals surface area contributed by atoms with E-state index in [0.717, 1.165) is 25.7 Å². The molecule has 0 aliphatic rings. The summed E-state index contributed by atoms with van der Waals surface area (Å²) < 4.78 is 9.56. The molecule has 1 atom stereocenters. The van der Waals surface area contributed by atoms with Gasteiger partial charge in [0.25, 0.3) is 5.78 Å². The molecule has 0 saturated carbocycles. The van der Waals surface area contributed by atoms with Crippen LogP contribution in [0.2, 0.25) is 0 Å². The van der Waals surface area contributed by atoms with Crippen LogP contribution in [0.3, 0.4) is 0 Å². The standard InChI is InChI=1S/C14H23ClO5/c1-3-5-7-9-19-13(17)11(15)12(16)14(18)20-10-8-6-4-2/h11H,3-10H2,1-2H3. The number of alkyl halides is 1. The van der Waals surface area contributed by atoms with E-state index in [1.165, 1.54) is 0 Å². The molecule has 20 heavy (non-hydrogen) atoms. The molecule has 0 N–H and O–H groups in total. The summed E-state index contributed by atoms with van der Waals surface area (Å²) in [5.41, 5.74) is 0. The molecule has 0 aliphatic heterocycles. The second kappa shape index (κ2) is 11.7. The molecule has 0 spiro atoms. The molecule has 1 unspecified atom stereocenters. The van der Waals surface area contributed by atoms with Gasteiger partial charge in [-0.05, 0) is 12.8 Å². The number of ketones is 1. The van der Waals surface area contributed by atoms with E-state index in [1.54, 1.807) is 0 Å². The third-order valence-electron chi connectivity index (χ3n) is 2.61. The largest absolute Gasteiger partial charge is 0.464 e. The fraction of sp³-hybridized carbons (Fsp3) is 0.786. The van der Waals surface area contributed by atoms with Gasteiger partial charge in [-0.1, -0.05) is 39.5 Å². The number of carbonyl (C=O) groups excluding carboxylic acids is 3. The molecule has 0 aromatic carbocycles. The highest BCUT2D eigenvalue weighted by atomic mass is 35.5. The lowest BCUT2D eigenvalue weighted by atomic mass is 10.2. The van der Waals surface area contributed by atoms with Crippen LogP contribution in [0.15, 0.2) is 0 Å². The fourth-order valence-electron chi connectivity index (χ4n) is 1.40.